The maximum absolute atomic E-state index is 12.5. The van der Waals surface area contributed by atoms with Crippen LogP contribution in [0.2, 0.25) is 0 Å². The molecule has 130 valence electrons. The summed E-state index contributed by atoms with van der Waals surface area (Å²) in [5.74, 6) is 0.0637. The molecule has 1 aliphatic rings. The van der Waals surface area contributed by atoms with Gasteiger partial charge < -0.3 is 5.32 Å². The number of nitrogens with one attached hydrogen (secondary N) is 1. The molecule has 0 spiro atoms. The van der Waals surface area contributed by atoms with Crippen molar-refractivity contribution in [3.05, 3.63) is 83.4 Å². The predicted octanol–water partition coefficient (Wildman–Crippen LogP) is 4.85. The molecule has 0 heterocycles. The van der Waals surface area contributed by atoms with Crippen LogP contribution < -0.4 is 5.32 Å². The standard InChI is InChI=1S/C23H27NO/c25-23(24-22-14-8-3-9-15-22)18-21(16-19-10-4-1-5-11-19)17-20-12-6-2-7-13-20/h1-2,4-7,10-13,18,22H,3,8-9,14-17H2,(H,24,25). The number of hydrogen-bond donors (Lipinski definition) is 1. The van der Waals surface area contributed by atoms with E-state index in [0.29, 0.717) is 6.04 Å². The molecule has 1 amide bonds. The number of allylic oxidation sites excluding steroid dienone is 1. The van der Waals surface area contributed by atoms with Crippen LogP contribution in [-0.4, -0.2) is 11.9 Å². The molecule has 3 rings (SSSR count). The lowest BCUT2D eigenvalue weighted by atomic mass is 9.95. The quantitative estimate of drug-likeness (QED) is 0.753. The zero-order valence-corrected chi connectivity index (χ0v) is 14.8. The van der Waals surface area contributed by atoms with Crippen molar-refractivity contribution in [1.82, 2.24) is 5.32 Å². The fraction of sp³-hybridized carbons (Fsp3) is 0.348. The molecule has 0 saturated heterocycles. The first kappa shape index (κ1) is 17.5. The molecular formula is C23H27NO. The SMILES string of the molecule is O=C(C=C(Cc1ccccc1)Cc1ccccc1)NC1CCCCC1. The first-order valence-corrected chi connectivity index (χ1v) is 9.37. The van der Waals surface area contributed by atoms with Gasteiger partial charge in [0, 0.05) is 12.1 Å². The van der Waals surface area contributed by atoms with Crippen molar-refractivity contribution in [2.45, 2.75) is 51.0 Å². The first-order chi connectivity index (χ1) is 12.3. The smallest absolute Gasteiger partial charge is 0.244 e. The summed E-state index contributed by atoms with van der Waals surface area (Å²) in [6, 6.07) is 21.1. The van der Waals surface area contributed by atoms with Crippen LogP contribution >= 0.6 is 0 Å². The van der Waals surface area contributed by atoms with Crippen LogP contribution in [0.3, 0.4) is 0 Å². The Balaban J connectivity index is 1.70. The van der Waals surface area contributed by atoms with Crippen LogP contribution in [0.5, 0.6) is 0 Å². The van der Waals surface area contributed by atoms with Gasteiger partial charge in [-0.3, -0.25) is 4.79 Å². The summed E-state index contributed by atoms with van der Waals surface area (Å²) in [5.41, 5.74) is 3.65. The third-order valence-corrected chi connectivity index (χ3v) is 4.83. The molecule has 0 atom stereocenters. The minimum Gasteiger partial charge on any atom is -0.350 e. The molecule has 2 aromatic rings. The molecule has 0 aliphatic heterocycles. The van der Waals surface area contributed by atoms with Crippen molar-refractivity contribution < 1.29 is 4.79 Å². The minimum absolute atomic E-state index is 0.0637. The van der Waals surface area contributed by atoms with Crippen molar-refractivity contribution in [3.8, 4) is 0 Å². The monoisotopic (exact) mass is 333 g/mol. The van der Waals surface area contributed by atoms with Crippen molar-refractivity contribution in [3.63, 3.8) is 0 Å². The molecule has 1 fully saturated rings. The molecule has 0 radical (unpaired) electrons. The van der Waals surface area contributed by atoms with E-state index >= 15 is 0 Å². The summed E-state index contributed by atoms with van der Waals surface area (Å²) in [6.45, 7) is 0. The van der Waals surface area contributed by atoms with Gasteiger partial charge in [-0.05, 0) is 36.8 Å². The van der Waals surface area contributed by atoms with E-state index < -0.39 is 0 Å². The highest BCUT2D eigenvalue weighted by molar-refractivity contribution is 5.88. The van der Waals surface area contributed by atoms with Crippen LogP contribution in [0, 0.1) is 0 Å². The molecule has 2 heteroatoms. The van der Waals surface area contributed by atoms with Gasteiger partial charge in [0.2, 0.25) is 5.91 Å². The molecule has 0 aromatic heterocycles. The van der Waals surface area contributed by atoms with E-state index in [1.807, 2.05) is 18.2 Å². The third kappa shape index (κ3) is 5.90. The first-order valence-electron chi connectivity index (χ1n) is 9.37. The van der Waals surface area contributed by atoms with Gasteiger partial charge in [0.05, 0.1) is 0 Å². The summed E-state index contributed by atoms with van der Waals surface area (Å²) in [6.07, 6.45) is 9.45. The second-order valence-corrected chi connectivity index (χ2v) is 6.97. The third-order valence-electron chi connectivity index (χ3n) is 4.83. The van der Waals surface area contributed by atoms with Gasteiger partial charge in [-0.15, -0.1) is 0 Å². The highest BCUT2D eigenvalue weighted by atomic mass is 16.1. The van der Waals surface area contributed by atoms with Gasteiger partial charge in [-0.25, -0.2) is 0 Å². The number of hydrogen-bond acceptors (Lipinski definition) is 1. The number of benzene rings is 2. The molecule has 2 nitrogen and oxygen atoms in total. The van der Waals surface area contributed by atoms with Crippen molar-refractivity contribution >= 4 is 5.91 Å². The Kier molecular flexibility index (Phi) is 6.44. The summed E-state index contributed by atoms with van der Waals surface area (Å²) in [4.78, 5) is 12.5. The van der Waals surface area contributed by atoms with Crippen LogP contribution in [0.4, 0.5) is 0 Å². The molecule has 1 saturated carbocycles. The summed E-state index contributed by atoms with van der Waals surface area (Å²) >= 11 is 0. The minimum atomic E-state index is 0.0637. The molecule has 0 bridgehead atoms. The summed E-state index contributed by atoms with van der Waals surface area (Å²) < 4.78 is 0. The fourth-order valence-electron chi connectivity index (χ4n) is 3.56. The summed E-state index contributed by atoms with van der Waals surface area (Å²) in [7, 11) is 0. The second kappa shape index (κ2) is 9.22. The maximum Gasteiger partial charge on any atom is 0.244 e. The van der Waals surface area contributed by atoms with E-state index in [1.165, 1.54) is 30.4 Å². The van der Waals surface area contributed by atoms with Crippen LogP contribution in [0.15, 0.2) is 72.3 Å². The Morgan fingerprint density at radius 3 is 1.88 bits per heavy atom. The molecule has 0 unspecified atom stereocenters. The molecule has 2 aromatic carbocycles. The van der Waals surface area contributed by atoms with Gasteiger partial charge in [0.25, 0.3) is 0 Å². The number of amides is 1. The molecular weight excluding hydrogens is 306 g/mol. The highest BCUT2D eigenvalue weighted by Gasteiger charge is 2.15. The topological polar surface area (TPSA) is 29.1 Å². The lowest BCUT2D eigenvalue weighted by Crippen LogP contribution is -2.35. The van der Waals surface area contributed by atoms with Gasteiger partial charge in [-0.2, -0.15) is 0 Å². The fourth-order valence-corrected chi connectivity index (χ4v) is 3.56. The zero-order chi connectivity index (χ0) is 17.3. The van der Waals surface area contributed by atoms with Gasteiger partial charge in [-0.1, -0.05) is 85.5 Å². The van der Waals surface area contributed by atoms with Gasteiger partial charge in [0.15, 0.2) is 0 Å². The maximum atomic E-state index is 12.5. The highest BCUT2D eigenvalue weighted by Crippen LogP contribution is 2.18. The Labute approximate surface area is 151 Å². The Hall–Kier alpha value is -2.35. The van der Waals surface area contributed by atoms with E-state index in [1.54, 1.807) is 0 Å². The normalized spacial score (nSPS) is 14.7. The van der Waals surface area contributed by atoms with Crippen molar-refractivity contribution in [2.75, 3.05) is 0 Å². The Morgan fingerprint density at radius 1 is 0.840 bits per heavy atom. The van der Waals surface area contributed by atoms with Crippen molar-refractivity contribution in [1.29, 1.82) is 0 Å². The zero-order valence-electron chi connectivity index (χ0n) is 14.8. The lowest BCUT2D eigenvalue weighted by molar-refractivity contribution is -0.117. The molecule has 25 heavy (non-hydrogen) atoms. The van der Waals surface area contributed by atoms with Gasteiger partial charge in [0.1, 0.15) is 0 Å². The lowest BCUT2D eigenvalue weighted by Gasteiger charge is -2.22. The average Bonchev–Trinajstić information content (AvgIpc) is 2.64. The number of carbonyl (C=O) groups is 1. The largest absolute Gasteiger partial charge is 0.350 e. The van der Waals surface area contributed by atoms with Gasteiger partial charge >= 0.3 is 0 Å². The van der Waals surface area contributed by atoms with Crippen LogP contribution in [0.1, 0.15) is 43.2 Å². The van der Waals surface area contributed by atoms with E-state index in [9.17, 15) is 4.79 Å². The van der Waals surface area contributed by atoms with Crippen LogP contribution in [-0.2, 0) is 17.6 Å². The average molecular weight is 333 g/mol. The summed E-state index contributed by atoms with van der Waals surface area (Å²) in [5, 5.41) is 3.21. The number of rotatable bonds is 6. The number of carbonyl (C=O) groups excluding carboxylic acids is 1. The van der Waals surface area contributed by atoms with Crippen LogP contribution in [0.25, 0.3) is 0 Å². The van der Waals surface area contributed by atoms with E-state index in [-0.39, 0.29) is 5.91 Å². The van der Waals surface area contributed by atoms with Crippen molar-refractivity contribution in [2.24, 2.45) is 0 Å². The predicted molar refractivity (Wildman–Crippen MR) is 103 cm³/mol. The van der Waals surface area contributed by atoms with E-state index in [0.717, 1.165) is 31.3 Å². The van der Waals surface area contributed by atoms with E-state index in [4.69, 9.17) is 0 Å². The molecule has 1 aliphatic carbocycles. The Bertz CT molecular complexity index is 641. The Morgan fingerprint density at radius 2 is 1.36 bits per heavy atom. The molecule has 1 N–H and O–H groups in total. The second-order valence-electron chi connectivity index (χ2n) is 6.97. The van der Waals surface area contributed by atoms with E-state index in [2.05, 4.69) is 53.8 Å².